The maximum absolute atomic E-state index is 14.2. The molecule has 3 aliphatic rings. The standard InChI is InChI=1S/C36H46Cl2N4O2.C25H26Cl2N4O2.C21H22Cl4N4O2/c1-25(2)42(26(3)4)22-19-34-36(44)41(24-31(27-11-7-5-8-12-27)28-13-9-6-10-14-28)21-18-30(40-34)17-20-39-35(43)29-15-16-32(37)33(38)23-29;26-20-9-16(10-21(27)12-20)15-31-8-7-22(30-23(13-28)25(31)33)14-29-24(32)19-6-5-17-3-1-2-4-18(17)11-19;22-14-5-12(6-15(23)8-14)11-29-4-3-16(28-19(9-26)21(29)31)10-27-20(30)13-1-2-17(24)18(25)7-13/h5-16,23,25-26,30-31,34,40H,17-22,24H2,1-4H3,(H,39,43);1-6,9-12,22-23,30H,7-8,13-15,28H2,(H,29,32);1-2,5-8,16,19,28H,3-4,9-11,26H2,(H,27,30)/t30-,34+;22-,23-;16-,19-/m100/s1. The SMILES string of the molecule is CC(C)N(CC[C@@H]1N[C@H](CCNC(=O)c2ccc(Cl)c(Cl)c2)CCN(CC(c2ccccc2)c2ccccc2)C1=O)C(C)C.NC[C@@H]1N[C@H](CNC(=O)c2ccc(Cl)c(Cl)c2)CCN(Cc2cc(Cl)cc(Cl)c2)C1=O.NC[C@@H]1N[C@H](CNC(=O)c2ccc3ccccc3c2)CCN(Cc2cc(Cl)cc(Cl)c2)C1=O. The summed E-state index contributed by atoms with van der Waals surface area (Å²) in [6, 6.07) is 53.8. The number of benzene rings is 8. The van der Waals surface area contributed by atoms with Crippen LogP contribution in [0.2, 0.25) is 40.2 Å². The van der Waals surface area contributed by atoms with Gasteiger partial charge in [0, 0.05) is 151 Å². The molecular weight excluding hydrogens is 1530 g/mol. The van der Waals surface area contributed by atoms with E-state index in [1.807, 2.05) is 54.6 Å². The van der Waals surface area contributed by atoms with Crippen molar-refractivity contribution in [3.63, 3.8) is 0 Å². The van der Waals surface area contributed by atoms with Gasteiger partial charge in [0.1, 0.15) is 0 Å². The first-order valence-corrected chi connectivity index (χ1v) is 39.4. The van der Waals surface area contributed by atoms with Gasteiger partial charge in [0.05, 0.1) is 38.2 Å². The van der Waals surface area contributed by atoms with E-state index in [9.17, 15) is 28.8 Å². The Morgan fingerprint density at radius 1 is 0.444 bits per heavy atom. The van der Waals surface area contributed by atoms with Gasteiger partial charge in [-0.1, -0.05) is 184 Å². The first kappa shape index (κ1) is 84.9. The lowest BCUT2D eigenvalue weighted by Gasteiger charge is -2.33. The van der Waals surface area contributed by atoms with Crippen LogP contribution in [0, 0.1) is 0 Å². The van der Waals surface area contributed by atoms with Gasteiger partial charge in [0.15, 0.2) is 0 Å². The number of nitrogens with two attached hydrogens (primary N) is 2. The molecular formula is C82H94Cl8N12O6. The molecule has 3 aliphatic heterocycles. The number of nitrogens with one attached hydrogen (secondary N) is 6. The zero-order valence-electron chi connectivity index (χ0n) is 60.9. The average Bonchev–Trinajstić information content (AvgIpc) is 1.56. The molecule has 0 aromatic heterocycles. The van der Waals surface area contributed by atoms with Gasteiger partial charge in [0.25, 0.3) is 17.7 Å². The quantitative estimate of drug-likeness (QED) is 0.0267. The Hall–Kier alpha value is -7.08. The zero-order valence-corrected chi connectivity index (χ0v) is 66.9. The molecule has 0 unspecified atom stereocenters. The van der Waals surface area contributed by atoms with Crippen LogP contribution in [0.15, 0.2) is 176 Å². The molecule has 10 N–H and O–H groups in total. The monoisotopic (exact) mass is 1620 g/mol. The average molecular weight is 1630 g/mol. The van der Waals surface area contributed by atoms with Gasteiger partial charge in [-0.25, -0.2) is 0 Å². The molecule has 108 heavy (non-hydrogen) atoms. The summed E-state index contributed by atoms with van der Waals surface area (Å²) >= 11 is 48.4. The van der Waals surface area contributed by atoms with Crippen molar-refractivity contribution >= 4 is 139 Å². The van der Waals surface area contributed by atoms with Crippen LogP contribution < -0.4 is 43.4 Å². The second-order valence-electron chi connectivity index (χ2n) is 27.8. The van der Waals surface area contributed by atoms with E-state index in [2.05, 4.69) is 118 Å². The van der Waals surface area contributed by atoms with E-state index >= 15 is 0 Å². The number of carbonyl (C=O) groups is 6. The molecule has 0 spiro atoms. The number of nitrogens with zero attached hydrogens (tertiary/aromatic N) is 4. The maximum atomic E-state index is 14.2. The molecule has 0 bridgehead atoms. The van der Waals surface area contributed by atoms with Crippen LogP contribution in [-0.4, -0.2) is 169 Å². The molecule has 11 rings (SSSR count). The third kappa shape index (κ3) is 25.0. The number of rotatable bonds is 25. The second-order valence-corrected chi connectivity index (χ2v) is 31.2. The Morgan fingerprint density at radius 2 is 0.843 bits per heavy atom. The van der Waals surface area contributed by atoms with Gasteiger partial charge < -0.3 is 58.1 Å². The van der Waals surface area contributed by atoms with E-state index in [0.29, 0.717) is 147 Å². The van der Waals surface area contributed by atoms with Gasteiger partial charge in [0.2, 0.25) is 17.7 Å². The van der Waals surface area contributed by atoms with Crippen molar-refractivity contribution in [3.05, 3.63) is 255 Å². The van der Waals surface area contributed by atoms with E-state index in [1.165, 1.54) is 17.2 Å². The van der Waals surface area contributed by atoms with Gasteiger partial charge in [-0.2, -0.15) is 0 Å². The molecule has 6 amide bonds. The highest BCUT2D eigenvalue weighted by atomic mass is 35.5. The molecule has 3 heterocycles. The zero-order chi connectivity index (χ0) is 77.6. The van der Waals surface area contributed by atoms with Crippen LogP contribution >= 0.6 is 92.8 Å². The number of amides is 6. The third-order valence-corrected chi connectivity index (χ3v) is 21.8. The highest BCUT2D eigenvalue weighted by Gasteiger charge is 2.35. The van der Waals surface area contributed by atoms with Gasteiger partial charge in [-0.05, 0) is 178 Å². The van der Waals surface area contributed by atoms with Crippen molar-refractivity contribution in [2.24, 2.45) is 11.5 Å². The topological polar surface area (TPSA) is 240 Å². The van der Waals surface area contributed by atoms with E-state index in [4.69, 9.17) is 104 Å². The lowest BCUT2D eigenvalue weighted by molar-refractivity contribution is -0.133. The van der Waals surface area contributed by atoms with Crippen LogP contribution in [0.3, 0.4) is 0 Å². The molecule has 0 radical (unpaired) electrons. The van der Waals surface area contributed by atoms with Gasteiger partial charge in [-0.3, -0.25) is 33.7 Å². The minimum atomic E-state index is -0.552. The number of halogens is 8. The van der Waals surface area contributed by atoms with Crippen LogP contribution in [0.4, 0.5) is 0 Å². The summed E-state index contributed by atoms with van der Waals surface area (Å²) in [5.41, 5.74) is 17.3. The smallest absolute Gasteiger partial charge is 0.251 e. The number of carbonyl (C=O) groups excluding carboxylic acids is 6. The molecule has 574 valence electrons. The Kier molecular flexibility index (Phi) is 32.9. The largest absolute Gasteiger partial charge is 0.352 e. The first-order valence-electron chi connectivity index (χ1n) is 36.4. The second kappa shape index (κ2) is 41.8. The molecule has 3 fully saturated rings. The molecule has 18 nitrogen and oxygen atoms in total. The molecule has 26 heteroatoms. The van der Waals surface area contributed by atoms with Crippen molar-refractivity contribution in [1.29, 1.82) is 0 Å². The third-order valence-electron chi connectivity index (χ3n) is 19.4. The Bertz CT molecular complexity index is 4270. The summed E-state index contributed by atoms with van der Waals surface area (Å²) in [5.74, 6) is -0.555. The summed E-state index contributed by atoms with van der Waals surface area (Å²) in [5, 5.41) is 24.8. The summed E-state index contributed by atoms with van der Waals surface area (Å²) in [6.45, 7) is 14.2. The lowest BCUT2D eigenvalue weighted by atomic mass is 9.90. The van der Waals surface area contributed by atoms with E-state index in [0.717, 1.165) is 41.3 Å². The maximum Gasteiger partial charge on any atom is 0.251 e. The molecule has 3 saturated heterocycles. The molecule has 0 saturated carbocycles. The van der Waals surface area contributed by atoms with Crippen molar-refractivity contribution < 1.29 is 28.8 Å². The van der Waals surface area contributed by atoms with E-state index < -0.39 is 12.1 Å². The molecule has 8 aromatic rings. The Balaban J connectivity index is 0.000000191. The normalized spacial score (nSPS) is 18.4. The lowest BCUT2D eigenvalue weighted by Crippen LogP contribution is -2.52. The summed E-state index contributed by atoms with van der Waals surface area (Å²) in [4.78, 5) is 86.1. The van der Waals surface area contributed by atoms with Crippen LogP contribution in [-0.2, 0) is 27.5 Å². The van der Waals surface area contributed by atoms with Crippen molar-refractivity contribution in [3.8, 4) is 0 Å². The predicted octanol–water partition coefficient (Wildman–Crippen LogP) is 14.4. The van der Waals surface area contributed by atoms with Crippen LogP contribution in [0.5, 0.6) is 0 Å². The summed E-state index contributed by atoms with van der Waals surface area (Å²) in [6.07, 6.45) is 3.55. The fourth-order valence-electron chi connectivity index (χ4n) is 13.8. The van der Waals surface area contributed by atoms with Crippen LogP contribution in [0.25, 0.3) is 10.8 Å². The minimum absolute atomic E-state index is 0.0723. The van der Waals surface area contributed by atoms with Gasteiger partial charge >= 0.3 is 0 Å². The molecule has 6 atom stereocenters. The minimum Gasteiger partial charge on any atom is -0.352 e. The first-order chi connectivity index (χ1) is 51.8. The molecule has 0 aliphatic carbocycles. The molecule has 8 aromatic carbocycles. The fourth-order valence-corrected chi connectivity index (χ4v) is 15.5. The number of hydrogen-bond acceptors (Lipinski definition) is 12. The summed E-state index contributed by atoms with van der Waals surface area (Å²) in [7, 11) is 0. The van der Waals surface area contributed by atoms with E-state index in [-0.39, 0.29) is 78.6 Å². The van der Waals surface area contributed by atoms with Gasteiger partial charge in [-0.15, -0.1) is 0 Å². The number of hydrogen-bond donors (Lipinski definition) is 8. The highest BCUT2D eigenvalue weighted by Crippen LogP contribution is 2.30. The summed E-state index contributed by atoms with van der Waals surface area (Å²) < 4.78 is 0. The highest BCUT2D eigenvalue weighted by molar-refractivity contribution is 6.43. The Labute approximate surface area is 673 Å². The van der Waals surface area contributed by atoms with Crippen molar-refractivity contribution in [2.75, 3.05) is 65.4 Å². The van der Waals surface area contributed by atoms with E-state index in [1.54, 1.807) is 76.5 Å². The van der Waals surface area contributed by atoms with Crippen molar-refractivity contribution in [2.45, 2.75) is 127 Å². The Morgan fingerprint density at radius 3 is 1.30 bits per heavy atom. The fraction of sp³-hybridized carbons (Fsp3) is 0.366. The van der Waals surface area contributed by atoms with Crippen LogP contribution in [0.1, 0.15) is 119 Å². The van der Waals surface area contributed by atoms with Crippen molar-refractivity contribution in [1.82, 2.24) is 51.5 Å². The predicted molar refractivity (Wildman–Crippen MR) is 439 cm³/mol. The number of fused-ring (bicyclic) bond motifs is 1.